The van der Waals surface area contributed by atoms with Gasteiger partial charge in [0.05, 0.1) is 37.7 Å². The fraction of sp³-hybridized carbons (Fsp3) is 0.208. The molecule has 0 radical (unpaired) electrons. The molecule has 0 fully saturated rings. The summed E-state index contributed by atoms with van der Waals surface area (Å²) in [6.45, 7) is 2.27. The minimum Gasteiger partial charge on any atom is -0.497 e. The second-order valence-corrected chi connectivity index (χ2v) is 9.17. The first-order valence-corrected chi connectivity index (χ1v) is 12.0. The third-order valence-corrected chi connectivity index (χ3v) is 6.84. The first kappa shape index (κ1) is 22.9. The molecule has 0 aliphatic rings. The second-order valence-electron chi connectivity index (χ2n) is 7.31. The summed E-state index contributed by atoms with van der Waals surface area (Å²) in [5, 5.41) is 5.22. The number of rotatable bonds is 8. The molecule has 1 amide bonds. The Morgan fingerprint density at radius 1 is 1.15 bits per heavy atom. The summed E-state index contributed by atoms with van der Waals surface area (Å²) >= 11 is 2.59. The molecule has 0 bridgehead atoms. The van der Waals surface area contributed by atoms with Crippen LogP contribution in [-0.2, 0) is 11.3 Å². The number of carbonyl (C=O) groups is 1. The molecule has 4 aromatic rings. The lowest BCUT2D eigenvalue weighted by molar-refractivity contribution is -0.113. The summed E-state index contributed by atoms with van der Waals surface area (Å²) in [7, 11) is 3.17. The number of amides is 1. The number of fused-ring (bicyclic) bond motifs is 1. The fourth-order valence-corrected chi connectivity index (χ4v) is 4.94. The Hall–Kier alpha value is -3.30. The molecule has 0 spiro atoms. The van der Waals surface area contributed by atoms with Crippen LogP contribution in [-0.4, -0.2) is 35.4 Å². The molecule has 0 unspecified atom stereocenters. The van der Waals surface area contributed by atoms with E-state index in [2.05, 4.69) is 10.3 Å². The molecule has 0 aliphatic carbocycles. The smallest absolute Gasteiger partial charge is 0.272 e. The van der Waals surface area contributed by atoms with Crippen LogP contribution in [0.3, 0.4) is 0 Å². The number of hydrogen-bond donors (Lipinski definition) is 1. The van der Waals surface area contributed by atoms with Crippen LogP contribution in [0.1, 0.15) is 11.1 Å². The SMILES string of the molecule is COc1cccc(Cn2c(SCC(=O)Nc3cc(C)ccc3OC)nc3ccsc3c2=O)c1. The molecular weight excluding hydrogens is 458 g/mol. The van der Waals surface area contributed by atoms with Crippen molar-refractivity contribution in [3.63, 3.8) is 0 Å². The largest absolute Gasteiger partial charge is 0.497 e. The molecule has 0 atom stereocenters. The highest BCUT2D eigenvalue weighted by Crippen LogP contribution is 2.26. The van der Waals surface area contributed by atoms with Crippen molar-refractivity contribution >= 4 is 44.9 Å². The van der Waals surface area contributed by atoms with Crippen molar-refractivity contribution in [3.05, 3.63) is 75.4 Å². The molecular formula is C24H23N3O4S2. The summed E-state index contributed by atoms with van der Waals surface area (Å²) in [6.07, 6.45) is 0. The predicted molar refractivity (Wildman–Crippen MR) is 133 cm³/mol. The van der Waals surface area contributed by atoms with E-state index in [4.69, 9.17) is 9.47 Å². The number of aromatic nitrogens is 2. The summed E-state index contributed by atoms with van der Waals surface area (Å²) in [6, 6.07) is 15.0. The number of nitrogens with zero attached hydrogens (tertiary/aromatic N) is 2. The molecule has 33 heavy (non-hydrogen) atoms. The van der Waals surface area contributed by atoms with E-state index in [1.54, 1.807) is 18.8 Å². The number of aryl methyl sites for hydroxylation is 1. The third kappa shape index (κ3) is 5.20. The minimum atomic E-state index is -0.212. The first-order valence-electron chi connectivity index (χ1n) is 10.2. The minimum absolute atomic E-state index is 0.0945. The van der Waals surface area contributed by atoms with Crippen molar-refractivity contribution in [1.82, 2.24) is 9.55 Å². The van der Waals surface area contributed by atoms with Crippen molar-refractivity contribution in [2.45, 2.75) is 18.6 Å². The summed E-state index contributed by atoms with van der Waals surface area (Å²) < 4.78 is 12.8. The molecule has 1 N–H and O–H groups in total. The van der Waals surface area contributed by atoms with Crippen molar-refractivity contribution < 1.29 is 14.3 Å². The molecule has 0 saturated heterocycles. The number of carbonyl (C=O) groups excluding carboxylic acids is 1. The highest BCUT2D eigenvalue weighted by Gasteiger charge is 2.16. The Balaban J connectivity index is 1.59. The zero-order chi connectivity index (χ0) is 23.4. The van der Waals surface area contributed by atoms with Crippen LogP contribution in [0, 0.1) is 6.92 Å². The highest BCUT2D eigenvalue weighted by molar-refractivity contribution is 7.99. The van der Waals surface area contributed by atoms with Crippen LogP contribution in [0.4, 0.5) is 5.69 Å². The van der Waals surface area contributed by atoms with Gasteiger partial charge in [-0.15, -0.1) is 11.3 Å². The van der Waals surface area contributed by atoms with Gasteiger partial charge in [0, 0.05) is 0 Å². The van der Waals surface area contributed by atoms with Gasteiger partial charge in [-0.1, -0.05) is 30.0 Å². The van der Waals surface area contributed by atoms with Gasteiger partial charge in [-0.05, 0) is 53.8 Å². The van der Waals surface area contributed by atoms with E-state index in [0.717, 1.165) is 11.1 Å². The van der Waals surface area contributed by atoms with Crippen molar-refractivity contribution in [3.8, 4) is 11.5 Å². The Morgan fingerprint density at radius 3 is 2.79 bits per heavy atom. The van der Waals surface area contributed by atoms with Crippen LogP contribution in [0.15, 0.2) is 63.9 Å². The molecule has 0 aliphatic heterocycles. The molecule has 4 rings (SSSR count). The predicted octanol–water partition coefficient (Wildman–Crippen LogP) is 4.56. The van der Waals surface area contributed by atoms with E-state index in [-0.39, 0.29) is 17.2 Å². The standard InChI is InChI=1S/C24H23N3O4S2/c1-15-7-8-20(31-3)19(11-15)25-21(28)14-33-24-26-18-9-10-32-22(18)23(29)27(24)13-16-5-4-6-17(12-16)30-2/h4-12H,13-14H2,1-3H3,(H,25,28). The molecule has 0 saturated carbocycles. The fourth-order valence-electron chi connectivity index (χ4n) is 3.36. The van der Waals surface area contributed by atoms with E-state index in [9.17, 15) is 9.59 Å². The number of anilines is 1. The number of thioether (sulfide) groups is 1. The highest BCUT2D eigenvalue weighted by atomic mass is 32.2. The molecule has 9 heteroatoms. The van der Waals surface area contributed by atoms with Crippen molar-refractivity contribution in [2.75, 3.05) is 25.3 Å². The molecule has 2 heterocycles. The third-order valence-electron chi connectivity index (χ3n) is 4.97. The Labute approximate surface area is 199 Å². The number of benzene rings is 2. The van der Waals surface area contributed by atoms with Crippen molar-refractivity contribution in [2.24, 2.45) is 0 Å². The lowest BCUT2D eigenvalue weighted by Gasteiger charge is -2.14. The van der Waals surface area contributed by atoms with Gasteiger partial charge >= 0.3 is 0 Å². The van der Waals surface area contributed by atoms with Gasteiger partial charge in [-0.25, -0.2) is 4.98 Å². The van der Waals surface area contributed by atoms with Crippen LogP contribution >= 0.6 is 23.1 Å². The average Bonchev–Trinajstić information content (AvgIpc) is 3.29. The zero-order valence-electron chi connectivity index (χ0n) is 18.5. The Morgan fingerprint density at radius 2 is 2.00 bits per heavy atom. The first-order chi connectivity index (χ1) is 16.0. The van der Waals surface area contributed by atoms with E-state index >= 15 is 0 Å². The maximum Gasteiger partial charge on any atom is 0.272 e. The number of thiophene rings is 1. The quantitative estimate of drug-likeness (QED) is 0.293. The molecule has 7 nitrogen and oxygen atoms in total. The second kappa shape index (κ2) is 10.1. The average molecular weight is 482 g/mol. The lowest BCUT2D eigenvalue weighted by atomic mass is 10.2. The van der Waals surface area contributed by atoms with Gasteiger partial charge < -0.3 is 14.8 Å². The lowest BCUT2D eigenvalue weighted by Crippen LogP contribution is -2.24. The van der Waals surface area contributed by atoms with E-state index in [1.165, 1.54) is 23.1 Å². The number of ether oxygens (including phenoxy) is 2. The van der Waals surface area contributed by atoms with Gasteiger partial charge in [0.25, 0.3) is 5.56 Å². The molecule has 170 valence electrons. The van der Waals surface area contributed by atoms with Crippen LogP contribution < -0.4 is 20.3 Å². The van der Waals surface area contributed by atoms with Crippen LogP contribution in [0.25, 0.3) is 10.2 Å². The Bertz CT molecular complexity index is 1360. The molecule has 2 aromatic heterocycles. The van der Waals surface area contributed by atoms with E-state index < -0.39 is 0 Å². The normalized spacial score (nSPS) is 10.9. The summed E-state index contributed by atoms with van der Waals surface area (Å²) in [5.41, 5.74) is 3.04. The number of hydrogen-bond acceptors (Lipinski definition) is 7. The molecule has 2 aromatic carbocycles. The van der Waals surface area contributed by atoms with Gasteiger partial charge in [-0.3, -0.25) is 14.2 Å². The van der Waals surface area contributed by atoms with E-state index in [1.807, 2.05) is 60.8 Å². The zero-order valence-corrected chi connectivity index (χ0v) is 20.1. The topological polar surface area (TPSA) is 82.4 Å². The maximum absolute atomic E-state index is 13.2. The van der Waals surface area contributed by atoms with Gasteiger partial charge in [0.1, 0.15) is 16.2 Å². The maximum atomic E-state index is 13.2. The van der Waals surface area contributed by atoms with Crippen LogP contribution in [0.2, 0.25) is 0 Å². The van der Waals surface area contributed by atoms with Crippen molar-refractivity contribution in [1.29, 1.82) is 0 Å². The monoisotopic (exact) mass is 481 g/mol. The van der Waals surface area contributed by atoms with Crippen LogP contribution in [0.5, 0.6) is 11.5 Å². The number of methoxy groups -OCH3 is 2. The summed E-state index contributed by atoms with van der Waals surface area (Å²) in [4.78, 5) is 30.6. The van der Waals surface area contributed by atoms with E-state index in [0.29, 0.717) is 39.1 Å². The number of nitrogens with one attached hydrogen (secondary N) is 1. The Kier molecular flexibility index (Phi) is 7.00. The summed E-state index contributed by atoms with van der Waals surface area (Å²) in [5.74, 6) is 1.19. The van der Waals surface area contributed by atoms with Gasteiger partial charge in [0.15, 0.2) is 5.16 Å². The van der Waals surface area contributed by atoms with Gasteiger partial charge in [-0.2, -0.15) is 0 Å². The van der Waals surface area contributed by atoms with Gasteiger partial charge in [0.2, 0.25) is 5.91 Å².